The molecule has 3 heterocycles. The normalized spacial score (nSPS) is 23.8. The average molecular weight is 342 g/mol. The monoisotopic (exact) mass is 342 g/mol. The number of hydrogen-bond donors (Lipinski definition) is 0. The largest absolute Gasteiger partial charge is 0.338 e. The summed E-state index contributed by atoms with van der Waals surface area (Å²) in [5.74, 6) is 1.41. The van der Waals surface area contributed by atoms with Crippen molar-refractivity contribution in [3.63, 3.8) is 0 Å². The zero-order valence-corrected chi connectivity index (χ0v) is 14.9. The Bertz CT molecular complexity index is 684. The van der Waals surface area contributed by atoms with Gasteiger partial charge in [0.05, 0.1) is 11.7 Å². The van der Waals surface area contributed by atoms with Crippen LogP contribution in [-0.4, -0.2) is 44.7 Å². The number of hydrogen-bond acceptors (Lipinski definition) is 4. The van der Waals surface area contributed by atoms with E-state index >= 15 is 0 Å². The van der Waals surface area contributed by atoms with Crippen molar-refractivity contribution in [2.75, 3.05) is 13.1 Å². The Morgan fingerprint density at radius 3 is 2.68 bits per heavy atom. The van der Waals surface area contributed by atoms with Crippen LogP contribution >= 0.6 is 0 Å². The van der Waals surface area contributed by atoms with Gasteiger partial charge in [-0.2, -0.15) is 0 Å². The maximum Gasteiger partial charge on any atom is 0.226 e. The third-order valence-electron chi connectivity index (χ3n) is 5.94. The molecule has 2 aliphatic heterocycles. The van der Waals surface area contributed by atoms with E-state index in [4.69, 9.17) is 4.98 Å². The Kier molecular flexibility index (Phi) is 4.44. The SMILES string of the molecule is CC(=O)N1CCc2nc([C@H]3CCCN3C(=O)C3CCCC3)ncc2C1. The van der Waals surface area contributed by atoms with Gasteiger partial charge in [0.2, 0.25) is 11.8 Å². The summed E-state index contributed by atoms with van der Waals surface area (Å²) in [5, 5.41) is 0. The Labute approximate surface area is 148 Å². The first-order valence-electron chi connectivity index (χ1n) is 9.54. The summed E-state index contributed by atoms with van der Waals surface area (Å²) in [7, 11) is 0. The maximum atomic E-state index is 12.9. The molecule has 3 aliphatic rings. The van der Waals surface area contributed by atoms with Crippen molar-refractivity contribution in [1.29, 1.82) is 0 Å². The number of aromatic nitrogens is 2. The summed E-state index contributed by atoms with van der Waals surface area (Å²) >= 11 is 0. The number of nitrogens with zero attached hydrogens (tertiary/aromatic N) is 4. The lowest BCUT2D eigenvalue weighted by Crippen LogP contribution is -2.37. The standard InChI is InChI=1S/C19H26N4O2/c1-13(24)22-10-8-16-15(12-22)11-20-18(21-16)17-7-4-9-23(17)19(25)14-5-2-3-6-14/h11,14,17H,2-10,12H2,1H3/t17-/m1/s1. The molecule has 1 aliphatic carbocycles. The molecule has 0 aromatic carbocycles. The molecule has 0 radical (unpaired) electrons. The van der Waals surface area contributed by atoms with Crippen LogP contribution in [0.3, 0.4) is 0 Å². The molecule has 2 fully saturated rings. The van der Waals surface area contributed by atoms with Crippen LogP contribution in [0.15, 0.2) is 6.20 Å². The van der Waals surface area contributed by atoms with Gasteiger partial charge in [-0.15, -0.1) is 0 Å². The van der Waals surface area contributed by atoms with Crippen LogP contribution in [0.1, 0.15) is 68.6 Å². The highest BCUT2D eigenvalue weighted by Crippen LogP contribution is 2.35. The predicted molar refractivity (Wildman–Crippen MR) is 92.5 cm³/mol. The van der Waals surface area contributed by atoms with Crippen molar-refractivity contribution in [3.8, 4) is 0 Å². The Hall–Kier alpha value is -1.98. The highest BCUT2D eigenvalue weighted by molar-refractivity contribution is 5.79. The molecule has 1 saturated carbocycles. The minimum atomic E-state index is 0.0317. The number of amides is 2. The van der Waals surface area contributed by atoms with Gasteiger partial charge in [0.15, 0.2) is 5.82 Å². The molecule has 4 rings (SSSR count). The number of fused-ring (bicyclic) bond motifs is 1. The van der Waals surface area contributed by atoms with Crippen molar-refractivity contribution in [2.24, 2.45) is 5.92 Å². The highest BCUT2D eigenvalue weighted by Gasteiger charge is 2.36. The minimum Gasteiger partial charge on any atom is -0.338 e. The van der Waals surface area contributed by atoms with E-state index in [-0.39, 0.29) is 17.9 Å². The molecule has 1 atom stereocenters. The molecule has 1 aromatic heterocycles. The third-order valence-corrected chi connectivity index (χ3v) is 5.94. The maximum absolute atomic E-state index is 12.9. The third kappa shape index (κ3) is 3.14. The molecule has 6 heteroatoms. The molecule has 1 aromatic rings. The second kappa shape index (κ2) is 6.73. The van der Waals surface area contributed by atoms with Crippen molar-refractivity contribution in [2.45, 2.75) is 64.5 Å². The zero-order valence-electron chi connectivity index (χ0n) is 14.9. The first kappa shape index (κ1) is 16.5. The van der Waals surface area contributed by atoms with Crippen molar-refractivity contribution in [1.82, 2.24) is 19.8 Å². The molecule has 0 bridgehead atoms. The van der Waals surface area contributed by atoms with E-state index in [1.165, 1.54) is 12.8 Å². The van der Waals surface area contributed by atoms with Crippen LogP contribution in [0.4, 0.5) is 0 Å². The summed E-state index contributed by atoms with van der Waals surface area (Å²) in [6, 6.07) is 0.0317. The second-order valence-corrected chi connectivity index (χ2v) is 7.56. The number of carbonyl (C=O) groups excluding carboxylic acids is 2. The lowest BCUT2D eigenvalue weighted by atomic mass is 10.0. The molecule has 1 saturated heterocycles. The van der Waals surface area contributed by atoms with Gasteiger partial charge in [-0.25, -0.2) is 9.97 Å². The van der Waals surface area contributed by atoms with E-state index in [0.717, 1.165) is 55.7 Å². The van der Waals surface area contributed by atoms with Gasteiger partial charge in [0.25, 0.3) is 0 Å². The Morgan fingerprint density at radius 2 is 1.92 bits per heavy atom. The van der Waals surface area contributed by atoms with Gasteiger partial charge in [-0.05, 0) is 25.7 Å². The van der Waals surface area contributed by atoms with E-state index in [9.17, 15) is 9.59 Å². The predicted octanol–water partition coefficient (Wildman–Crippen LogP) is 2.23. The highest BCUT2D eigenvalue weighted by atomic mass is 16.2. The lowest BCUT2D eigenvalue weighted by Gasteiger charge is -2.29. The van der Waals surface area contributed by atoms with Crippen molar-refractivity contribution in [3.05, 3.63) is 23.3 Å². The Balaban J connectivity index is 1.53. The lowest BCUT2D eigenvalue weighted by molar-refractivity contribution is -0.136. The van der Waals surface area contributed by atoms with Gasteiger partial charge in [-0.3, -0.25) is 9.59 Å². The fourth-order valence-corrected chi connectivity index (χ4v) is 4.47. The van der Waals surface area contributed by atoms with Crippen LogP contribution in [0.5, 0.6) is 0 Å². The molecule has 0 spiro atoms. The van der Waals surface area contributed by atoms with E-state index in [2.05, 4.69) is 4.98 Å². The van der Waals surface area contributed by atoms with Gasteiger partial charge >= 0.3 is 0 Å². The number of carbonyl (C=O) groups is 2. The van der Waals surface area contributed by atoms with Crippen molar-refractivity contribution < 1.29 is 9.59 Å². The molecular weight excluding hydrogens is 316 g/mol. The second-order valence-electron chi connectivity index (χ2n) is 7.56. The summed E-state index contributed by atoms with van der Waals surface area (Å²) in [5.41, 5.74) is 2.08. The first-order valence-corrected chi connectivity index (χ1v) is 9.54. The van der Waals surface area contributed by atoms with Gasteiger partial charge in [-0.1, -0.05) is 12.8 Å². The molecule has 6 nitrogen and oxygen atoms in total. The summed E-state index contributed by atoms with van der Waals surface area (Å²) < 4.78 is 0. The topological polar surface area (TPSA) is 66.4 Å². The minimum absolute atomic E-state index is 0.0317. The molecule has 25 heavy (non-hydrogen) atoms. The number of rotatable bonds is 2. The van der Waals surface area contributed by atoms with E-state index < -0.39 is 0 Å². The molecular formula is C19H26N4O2. The smallest absolute Gasteiger partial charge is 0.226 e. The van der Waals surface area contributed by atoms with Crippen LogP contribution < -0.4 is 0 Å². The number of likely N-dealkylation sites (tertiary alicyclic amines) is 1. The van der Waals surface area contributed by atoms with Gasteiger partial charge in [0, 0.05) is 50.7 Å². The summed E-state index contributed by atoms with van der Waals surface area (Å²) in [4.78, 5) is 37.7. The van der Waals surface area contributed by atoms with Gasteiger partial charge in [0.1, 0.15) is 0 Å². The van der Waals surface area contributed by atoms with E-state index in [0.29, 0.717) is 19.0 Å². The molecule has 2 amide bonds. The summed E-state index contributed by atoms with van der Waals surface area (Å²) in [6.07, 6.45) is 9.05. The van der Waals surface area contributed by atoms with Crippen LogP contribution in [0.25, 0.3) is 0 Å². The average Bonchev–Trinajstić information content (AvgIpc) is 3.31. The Morgan fingerprint density at radius 1 is 1.12 bits per heavy atom. The van der Waals surface area contributed by atoms with E-state index in [1.807, 2.05) is 16.0 Å². The fourth-order valence-electron chi connectivity index (χ4n) is 4.47. The molecule has 0 N–H and O–H groups in total. The first-order chi connectivity index (χ1) is 12.1. The quantitative estimate of drug-likeness (QED) is 0.827. The van der Waals surface area contributed by atoms with E-state index in [1.54, 1.807) is 6.92 Å². The van der Waals surface area contributed by atoms with Crippen molar-refractivity contribution >= 4 is 11.8 Å². The van der Waals surface area contributed by atoms with Gasteiger partial charge < -0.3 is 9.80 Å². The van der Waals surface area contributed by atoms with Crippen LogP contribution in [0, 0.1) is 5.92 Å². The molecule has 134 valence electrons. The fraction of sp³-hybridized carbons (Fsp3) is 0.684. The molecule has 0 unspecified atom stereocenters. The van der Waals surface area contributed by atoms with Crippen LogP contribution in [-0.2, 0) is 22.6 Å². The zero-order chi connectivity index (χ0) is 17.4. The summed E-state index contributed by atoms with van der Waals surface area (Å²) in [6.45, 7) is 3.75. The van der Waals surface area contributed by atoms with Crippen LogP contribution in [0.2, 0.25) is 0 Å².